The average Bonchev–Trinajstić information content (AvgIpc) is 2.22. The van der Waals surface area contributed by atoms with E-state index in [1.807, 2.05) is 0 Å². The van der Waals surface area contributed by atoms with Crippen LogP contribution in [0.3, 0.4) is 0 Å². The zero-order valence-electron chi connectivity index (χ0n) is 3.70. The van der Waals surface area contributed by atoms with Gasteiger partial charge in [-0.1, -0.05) is 0 Å². The summed E-state index contributed by atoms with van der Waals surface area (Å²) in [4.78, 5) is 0. The third kappa shape index (κ3) is 0.395. The topological polar surface area (TPSA) is 27.6 Å². The monoisotopic (exact) mass is 82.1 g/mol. The van der Waals surface area contributed by atoms with Gasteiger partial charge in [-0.25, -0.2) is 0 Å². The van der Waals surface area contributed by atoms with Gasteiger partial charge < -0.3 is 5.73 Å². The lowest BCUT2D eigenvalue weighted by Crippen LogP contribution is -2.62. The van der Waals surface area contributed by atoms with Crippen LogP contribution in [-0.2, 0) is 0 Å². The molecule has 0 aromatic carbocycles. The maximum absolute atomic E-state index is 5.06. The van der Waals surface area contributed by atoms with Gasteiger partial charge in [-0.3, -0.25) is 0 Å². The first-order chi connectivity index (χ1) is 2.77. The number of terminal acetylenes is 1. The van der Waals surface area contributed by atoms with Crippen LogP contribution in [0.1, 0.15) is 12.8 Å². The highest BCUT2D eigenvalue weighted by Gasteiger charge is 2.40. The summed E-state index contributed by atoms with van der Waals surface area (Å²) in [6.45, 7) is 0. The van der Waals surface area contributed by atoms with Crippen molar-refractivity contribution in [2.75, 3.05) is 0 Å². The first kappa shape index (κ1) is 3.70. The number of rotatable bonds is 0. The number of hydrogen-bond donors (Lipinski definition) is 1. The molecule has 0 amide bonds. The first-order valence-corrected chi connectivity index (χ1v) is 2.10. The van der Waals surface area contributed by atoms with E-state index < -0.39 is 0 Å². The molecule has 1 aliphatic carbocycles. The molecule has 1 aliphatic rings. The van der Waals surface area contributed by atoms with Gasteiger partial charge in [-0.15, -0.1) is 6.42 Å². The van der Waals surface area contributed by atoms with E-state index in [0.717, 1.165) is 12.8 Å². The Bertz CT molecular complexity index is 95.0. The van der Waals surface area contributed by atoms with E-state index in [4.69, 9.17) is 6.42 Å². The van der Waals surface area contributed by atoms with Crippen molar-refractivity contribution < 1.29 is 5.73 Å². The van der Waals surface area contributed by atoms with E-state index in [1.165, 1.54) is 0 Å². The van der Waals surface area contributed by atoms with Crippen LogP contribution in [-0.4, -0.2) is 5.54 Å². The lowest BCUT2D eigenvalue weighted by atomic mass is 10.3. The second kappa shape index (κ2) is 0.772. The third-order valence-corrected chi connectivity index (χ3v) is 1.16. The maximum atomic E-state index is 5.06. The molecule has 1 fully saturated rings. The van der Waals surface area contributed by atoms with Crippen molar-refractivity contribution in [2.45, 2.75) is 18.4 Å². The lowest BCUT2D eigenvalue weighted by molar-refractivity contribution is -0.416. The molecule has 0 heterocycles. The Hall–Kier alpha value is -0.480. The standard InChI is InChI=1S/C5H7N/c1-2-5(6)3-4-5/h1H,3-4,6H2/p+1. The smallest absolute Gasteiger partial charge is 0.156 e. The highest BCUT2D eigenvalue weighted by Crippen LogP contribution is 2.27. The minimum atomic E-state index is 0.0694. The quantitative estimate of drug-likeness (QED) is 0.378. The summed E-state index contributed by atoms with van der Waals surface area (Å²) in [7, 11) is 0. The van der Waals surface area contributed by atoms with Crippen molar-refractivity contribution in [1.82, 2.24) is 0 Å². The van der Waals surface area contributed by atoms with Gasteiger partial charge in [0.15, 0.2) is 5.54 Å². The molecule has 0 aromatic rings. The van der Waals surface area contributed by atoms with Gasteiger partial charge in [0, 0.05) is 12.8 Å². The summed E-state index contributed by atoms with van der Waals surface area (Å²) in [6.07, 6.45) is 7.31. The Morgan fingerprint density at radius 3 is 2.17 bits per heavy atom. The Balaban J connectivity index is 2.54. The van der Waals surface area contributed by atoms with Gasteiger partial charge in [-0.05, 0) is 5.92 Å². The van der Waals surface area contributed by atoms with Crippen LogP contribution >= 0.6 is 0 Å². The van der Waals surface area contributed by atoms with Crippen LogP contribution < -0.4 is 5.73 Å². The number of hydrogen-bond acceptors (Lipinski definition) is 0. The lowest BCUT2D eigenvalue weighted by Gasteiger charge is -1.84. The van der Waals surface area contributed by atoms with Gasteiger partial charge in [0.05, 0.1) is 0 Å². The van der Waals surface area contributed by atoms with E-state index in [0.29, 0.717) is 0 Å². The minimum Gasteiger partial charge on any atom is -0.343 e. The minimum absolute atomic E-state index is 0.0694. The van der Waals surface area contributed by atoms with Crippen molar-refractivity contribution in [3.8, 4) is 12.3 Å². The summed E-state index contributed by atoms with van der Waals surface area (Å²) in [5.41, 5.74) is 3.83. The molecule has 32 valence electrons. The van der Waals surface area contributed by atoms with Gasteiger partial charge in [-0.2, -0.15) is 0 Å². The fraction of sp³-hybridized carbons (Fsp3) is 0.600. The van der Waals surface area contributed by atoms with Gasteiger partial charge in [0.25, 0.3) is 0 Å². The Morgan fingerprint density at radius 2 is 2.17 bits per heavy atom. The molecule has 1 saturated carbocycles. The predicted molar refractivity (Wildman–Crippen MR) is 23.7 cm³/mol. The molecule has 3 N–H and O–H groups in total. The summed E-state index contributed by atoms with van der Waals surface area (Å²) in [5.74, 6) is 2.60. The van der Waals surface area contributed by atoms with Crippen LogP contribution in [0.15, 0.2) is 0 Å². The molecule has 1 heteroatoms. The predicted octanol–water partition coefficient (Wildman–Crippen LogP) is -0.606. The molecule has 1 rings (SSSR count). The van der Waals surface area contributed by atoms with Crippen molar-refractivity contribution >= 4 is 0 Å². The fourth-order valence-corrected chi connectivity index (χ4v) is 0.295. The third-order valence-electron chi connectivity index (χ3n) is 1.16. The van der Waals surface area contributed by atoms with Crippen molar-refractivity contribution in [2.24, 2.45) is 0 Å². The molecule has 0 aliphatic heterocycles. The molecular formula is C5H8N+. The zero-order valence-corrected chi connectivity index (χ0v) is 3.70. The van der Waals surface area contributed by atoms with Crippen molar-refractivity contribution in [3.05, 3.63) is 0 Å². The molecule has 0 unspecified atom stereocenters. The maximum Gasteiger partial charge on any atom is 0.156 e. The molecule has 0 radical (unpaired) electrons. The molecule has 0 bridgehead atoms. The number of quaternary nitrogens is 1. The largest absolute Gasteiger partial charge is 0.343 e. The SMILES string of the molecule is C#CC1([NH3+])CC1. The van der Waals surface area contributed by atoms with Crippen LogP contribution in [0.25, 0.3) is 0 Å². The van der Waals surface area contributed by atoms with Crippen LogP contribution in [0, 0.1) is 12.3 Å². The van der Waals surface area contributed by atoms with E-state index >= 15 is 0 Å². The fourth-order valence-electron chi connectivity index (χ4n) is 0.295. The van der Waals surface area contributed by atoms with Gasteiger partial charge >= 0.3 is 0 Å². The summed E-state index contributed by atoms with van der Waals surface area (Å²) in [6, 6.07) is 0. The Labute approximate surface area is 37.5 Å². The second-order valence-corrected chi connectivity index (χ2v) is 1.92. The Kier molecular flexibility index (Phi) is 0.476. The van der Waals surface area contributed by atoms with E-state index in [1.54, 1.807) is 0 Å². The molecule has 0 aromatic heterocycles. The van der Waals surface area contributed by atoms with Gasteiger partial charge in [0.1, 0.15) is 0 Å². The second-order valence-electron chi connectivity index (χ2n) is 1.92. The van der Waals surface area contributed by atoms with E-state index in [-0.39, 0.29) is 5.54 Å². The molecular weight excluding hydrogens is 74.1 g/mol. The van der Waals surface area contributed by atoms with Crippen molar-refractivity contribution in [3.63, 3.8) is 0 Å². The summed E-state index contributed by atoms with van der Waals surface area (Å²) in [5, 5.41) is 0. The normalized spacial score (nSPS) is 25.3. The molecule has 6 heavy (non-hydrogen) atoms. The molecule has 0 saturated heterocycles. The highest BCUT2D eigenvalue weighted by molar-refractivity contribution is 5.15. The van der Waals surface area contributed by atoms with Crippen LogP contribution in [0.5, 0.6) is 0 Å². The average molecular weight is 82.1 g/mol. The molecule has 0 atom stereocenters. The summed E-state index contributed by atoms with van der Waals surface area (Å²) >= 11 is 0. The van der Waals surface area contributed by atoms with Crippen molar-refractivity contribution in [1.29, 1.82) is 0 Å². The van der Waals surface area contributed by atoms with E-state index in [2.05, 4.69) is 11.7 Å². The van der Waals surface area contributed by atoms with Crippen LogP contribution in [0.2, 0.25) is 0 Å². The zero-order chi connectivity index (χ0) is 4.62. The first-order valence-electron chi connectivity index (χ1n) is 2.10. The van der Waals surface area contributed by atoms with E-state index in [9.17, 15) is 0 Å². The molecule has 1 nitrogen and oxygen atoms in total. The van der Waals surface area contributed by atoms with Gasteiger partial charge in [0.2, 0.25) is 0 Å². The highest BCUT2D eigenvalue weighted by atomic mass is 14.8. The van der Waals surface area contributed by atoms with Crippen LogP contribution in [0.4, 0.5) is 0 Å². The Morgan fingerprint density at radius 1 is 1.67 bits per heavy atom. The summed E-state index contributed by atoms with van der Waals surface area (Å²) < 4.78 is 0. The molecule has 0 spiro atoms.